The van der Waals surface area contributed by atoms with E-state index in [0.717, 1.165) is 24.3 Å². The van der Waals surface area contributed by atoms with E-state index in [1.165, 1.54) is 0 Å². The molecule has 0 heterocycles. The van der Waals surface area contributed by atoms with Crippen molar-refractivity contribution in [3.05, 3.63) is 59.7 Å². The molecule has 2 aromatic carbocycles. The Kier molecular flexibility index (Phi) is 3.95. The van der Waals surface area contributed by atoms with Crippen molar-refractivity contribution in [2.45, 2.75) is 16.8 Å². The lowest BCUT2D eigenvalue weighted by molar-refractivity contribution is -0.137. The summed E-state index contributed by atoms with van der Waals surface area (Å²) < 4.78 is 61.7. The number of rotatable bonds is 3. The molecule has 112 valence electrons. The van der Waals surface area contributed by atoms with Gasteiger partial charge in [0.1, 0.15) is 0 Å². The van der Waals surface area contributed by atoms with E-state index >= 15 is 0 Å². The van der Waals surface area contributed by atoms with Gasteiger partial charge in [-0.05, 0) is 35.9 Å². The van der Waals surface area contributed by atoms with Crippen molar-refractivity contribution < 1.29 is 21.6 Å². The van der Waals surface area contributed by atoms with Crippen LogP contribution in [-0.4, -0.2) is 8.42 Å². The van der Waals surface area contributed by atoms with Gasteiger partial charge in [0.25, 0.3) is 0 Å². The molecule has 0 spiro atoms. The summed E-state index contributed by atoms with van der Waals surface area (Å²) in [5, 5.41) is 0. The van der Waals surface area contributed by atoms with Gasteiger partial charge in [-0.2, -0.15) is 13.2 Å². The molecule has 0 saturated carbocycles. The number of para-hydroxylation sites is 1. The molecule has 0 aliphatic heterocycles. The van der Waals surface area contributed by atoms with Crippen molar-refractivity contribution in [1.82, 2.24) is 0 Å². The Labute approximate surface area is 120 Å². The van der Waals surface area contributed by atoms with Crippen LogP contribution in [-0.2, 0) is 21.8 Å². The molecule has 0 aliphatic carbocycles. The zero-order chi connectivity index (χ0) is 15.7. The third kappa shape index (κ3) is 3.55. The monoisotopic (exact) mass is 315 g/mol. The molecule has 2 rings (SSSR count). The lowest BCUT2D eigenvalue weighted by Gasteiger charge is -2.09. The average molecular weight is 315 g/mol. The van der Waals surface area contributed by atoms with Crippen LogP contribution in [0.25, 0.3) is 0 Å². The normalized spacial score (nSPS) is 12.3. The number of nitrogen functional groups attached to an aromatic ring is 1. The molecule has 0 atom stereocenters. The van der Waals surface area contributed by atoms with Crippen molar-refractivity contribution in [3.63, 3.8) is 0 Å². The van der Waals surface area contributed by atoms with Crippen LogP contribution in [0.4, 0.5) is 18.9 Å². The minimum atomic E-state index is -4.49. The van der Waals surface area contributed by atoms with Crippen molar-refractivity contribution in [2.24, 2.45) is 0 Å². The van der Waals surface area contributed by atoms with Crippen LogP contribution in [0.1, 0.15) is 11.1 Å². The number of alkyl halides is 3. The number of nitrogens with two attached hydrogens (primary N) is 1. The highest BCUT2D eigenvalue weighted by molar-refractivity contribution is 7.90. The largest absolute Gasteiger partial charge is 0.416 e. The molecule has 0 amide bonds. The van der Waals surface area contributed by atoms with Gasteiger partial charge in [0.15, 0.2) is 9.84 Å². The lowest BCUT2D eigenvalue weighted by Crippen LogP contribution is -2.09. The van der Waals surface area contributed by atoms with E-state index in [4.69, 9.17) is 5.73 Å². The zero-order valence-corrected chi connectivity index (χ0v) is 11.6. The third-order valence-electron chi connectivity index (χ3n) is 2.94. The molecule has 0 unspecified atom stereocenters. The second kappa shape index (κ2) is 5.40. The molecule has 21 heavy (non-hydrogen) atoms. The van der Waals surface area contributed by atoms with Crippen LogP contribution in [0.2, 0.25) is 0 Å². The Balaban J connectivity index is 2.30. The molecule has 0 aromatic heterocycles. The summed E-state index contributed by atoms with van der Waals surface area (Å²) in [6.07, 6.45) is -4.49. The molecule has 2 aromatic rings. The van der Waals surface area contributed by atoms with Crippen LogP contribution in [0.15, 0.2) is 53.4 Å². The maximum atomic E-state index is 12.4. The summed E-state index contributed by atoms with van der Waals surface area (Å²) >= 11 is 0. The number of hydrogen-bond donors (Lipinski definition) is 1. The van der Waals surface area contributed by atoms with Crippen LogP contribution < -0.4 is 5.73 Å². The number of anilines is 1. The Morgan fingerprint density at radius 3 is 2.05 bits per heavy atom. The van der Waals surface area contributed by atoms with Crippen molar-refractivity contribution in [1.29, 1.82) is 0 Å². The minimum Gasteiger partial charge on any atom is -0.398 e. The lowest BCUT2D eigenvalue weighted by atomic mass is 10.2. The topological polar surface area (TPSA) is 60.2 Å². The molecule has 2 N–H and O–H groups in total. The summed E-state index contributed by atoms with van der Waals surface area (Å²) in [6.45, 7) is 0. The number of benzene rings is 2. The van der Waals surface area contributed by atoms with Crippen LogP contribution in [0.5, 0.6) is 0 Å². The van der Waals surface area contributed by atoms with Gasteiger partial charge in [-0.25, -0.2) is 8.42 Å². The van der Waals surface area contributed by atoms with Crippen molar-refractivity contribution in [3.8, 4) is 0 Å². The first-order valence-electron chi connectivity index (χ1n) is 5.93. The quantitative estimate of drug-likeness (QED) is 0.884. The minimum absolute atomic E-state index is 0.168. The molecule has 0 fully saturated rings. The van der Waals surface area contributed by atoms with E-state index in [9.17, 15) is 21.6 Å². The van der Waals surface area contributed by atoms with Crippen molar-refractivity contribution >= 4 is 15.5 Å². The molecule has 0 saturated heterocycles. The number of hydrogen-bond acceptors (Lipinski definition) is 3. The Bertz CT molecular complexity index is 738. The fraction of sp³-hybridized carbons (Fsp3) is 0.143. The van der Waals surface area contributed by atoms with Crippen LogP contribution >= 0.6 is 0 Å². The second-order valence-electron chi connectivity index (χ2n) is 4.48. The van der Waals surface area contributed by atoms with Gasteiger partial charge < -0.3 is 5.73 Å². The summed E-state index contributed by atoms with van der Waals surface area (Å²) in [5.74, 6) is -0.356. The predicted octanol–water partition coefficient (Wildman–Crippen LogP) is 3.26. The van der Waals surface area contributed by atoms with E-state index < -0.39 is 21.6 Å². The van der Waals surface area contributed by atoms with Gasteiger partial charge in [-0.1, -0.05) is 18.2 Å². The first-order valence-corrected chi connectivity index (χ1v) is 7.59. The van der Waals surface area contributed by atoms with Gasteiger partial charge in [-0.15, -0.1) is 0 Å². The highest BCUT2D eigenvalue weighted by Crippen LogP contribution is 2.30. The summed E-state index contributed by atoms with van der Waals surface area (Å²) in [4.78, 5) is -0.168. The second-order valence-corrected chi connectivity index (χ2v) is 6.47. The van der Waals surface area contributed by atoms with Gasteiger partial charge >= 0.3 is 6.18 Å². The number of sulfone groups is 1. The van der Waals surface area contributed by atoms with E-state index in [2.05, 4.69) is 0 Å². The van der Waals surface area contributed by atoms with Crippen LogP contribution in [0.3, 0.4) is 0 Å². The molecule has 0 radical (unpaired) electrons. The fourth-order valence-corrected chi connectivity index (χ4v) is 3.19. The Morgan fingerprint density at radius 2 is 1.52 bits per heavy atom. The fourth-order valence-electron chi connectivity index (χ4n) is 1.80. The molecular formula is C14H12F3NO2S. The van der Waals surface area contributed by atoms with E-state index in [0.29, 0.717) is 11.3 Å². The highest BCUT2D eigenvalue weighted by atomic mass is 32.2. The SMILES string of the molecule is Nc1ccccc1CS(=O)(=O)c1ccc(C(F)(F)F)cc1. The zero-order valence-electron chi connectivity index (χ0n) is 10.8. The van der Waals surface area contributed by atoms with Crippen LogP contribution in [0, 0.1) is 0 Å². The molecule has 3 nitrogen and oxygen atoms in total. The van der Waals surface area contributed by atoms with Gasteiger partial charge in [0.2, 0.25) is 0 Å². The van der Waals surface area contributed by atoms with Gasteiger partial charge in [0, 0.05) is 5.69 Å². The van der Waals surface area contributed by atoms with Gasteiger partial charge in [0.05, 0.1) is 16.2 Å². The third-order valence-corrected chi connectivity index (χ3v) is 4.62. The maximum Gasteiger partial charge on any atom is 0.416 e. The summed E-state index contributed by atoms with van der Waals surface area (Å²) in [7, 11) is -3.75. The van der Waals surface area contributed by atoms with Gasteiger partial charge in [-0.3, -0.25) is 0 Å². The number of halogens is 3. The standard InChI is InChI=1S/C14H12F3NO2S/c15-14(16,17)11-5-7-12(8-6-11)21(19,20)9-10-3-1-2-4-13(10)18/h1-8H,9,18H2. The molecule has 7 heteroatoms. The molecular weight excluding hydrogens is 303 g/mol. The van der Waals surface area contributed by atoms with Crippen molar-refractivity contribution in [2.75, 3.05) is 5.73 Å². The molecule has 0 bridgehead atoms. The summed E-state index contributed by atoms with van der Waals surface area (Å²) in [6, 6.07) is 9.86. The molecule has 0 aliphatic rings. The smallest absolute Gasteiger partial charge is 0.398 e. The first kappa shape index (κ1) is 15.4. The predicted molar refractivity (Wildman–Crippen MR) is 73.2 cm³/mol. The van der Waals surface area contributed by atoms with E-state index in [1.807, 2.05) is 0 Å². The average Bonchev–Trinajstić information content (AvgIpc) is 2.40. The summed E-state index contributed by atoms with van der Waals surface area (Å²) in [5.41, 5.74) is 5.53. The van der Waals surface area contributed by atoms with E-state index in [1.54, 1.807) is 24.3 Å². The Morgan fingerprint density at radius 1 is 0.952 bits per heavy atom. The Hall–Kier alpha value is -2.02. The first-order chi connectivity index (χ1) is 9.70. The highest BCUT2D eigenvalue weighted by Gasteiger charge is 2.30. The maximum absolute atomic E-state index is 12.4. The van der Waals surface area contributed by atoms with E-state index in [-0.39, 0.29) is 10.6 Å².